The molecule has 0 aromatic carbocycles. The second kappa shape index (κ2) is 3.29. The van der Waals surface area contributed by atoms with E-state index in [9.17, 15) is 0 Å². The molecule has 2 nitrogen and oxygen atoms in total. The quantitative estimate of drug-likeness (QED) is 0.651. The summed E-state index contributed by atoms with van der Waals surface area (Å²) in [6, 6.07) is 0.423. The van der Waals surface area contributed by atoms with Crippen molar-refractivity contribution in [2.45, 2.75) is 46.2 Å². The summed E-state index contributed by atoms with van der Waals surface area (Å²) in [5, 5.41) is 4.13. The Kier molecular flexibility index (Phi) is 2.66. The van der Waals surface area contributed by atoms with Crippen molar-refractivity contribution >= 4 is 17.3 Å². The largest absolute Gasteiger partial charge is 0.354 e. The summed E-state index contributed by atoms with van der Waals surface area (Å²) in [6.07, 6.45) is 2.21. The first-order valence-electron chi connectivity index (χ1n) is 4.64. The van der Waals surface area contributed by atoms with Crippen LogP contribution in [0.25, 0.3) is 0 Å². The lowest BCUT2D eigenvalue weighted by Crippen LogP contribution is -2.54. The van der Waals surface area contributed by atoms with Crippen LogP contribution in [0.1, 0.15) is 34.6 Å². The van der Waals surface area contributed by atoms with Crippen LogP contribution in [0, 0.1) is 0 Å². The Morgan fingerprint density at radius 3 is 2.38 bits per heavy atom. The highest BCUT2D eigenvalue weighted by atomic mass is 32.1. The molecule has 0 spiro atoms. The van der Waals surface area contributed by atoms with Crippen LogP contribution in [0.5, 0.6) is 0 Å². The number of thiocarbonyl (C=S) groups is 1. The summed E-state index contributed by atoms with van der Waals surface area (Å²) in [7, 11) is 0. The maximum absolute atomic E-state index is 5.30. The number of nitrogens with one attached hydrogen (secondary N) is 1. The van der Waals surface area contributed by atoms with Crippen molar-refractivity contribution < 1.29 is 0 Å². The van der Waals surface area contributed by atoms with E-state index in [0.717, 1.165) is 5.11 Å². The Hall–Kier alpha value is -0.570. The van der Waals surface area contributed by atoms with E-state index in [1.807, 2.05) is 0 Å². The monoisotopic (exact) mass is 198 g/mol. The van der Waals surface area contributed by atoms with Crippen molar-refractivity contribution in [3.05, 3.63) is 11.8 Å². The Morgan fingerprint density at radius 1 is 1.46 bits per heavy atom. The molecule has 0 aromatic rings. The molecule has 1 aliphatic rings. The zero-order valence-electron chi connectivity index (χ0n) is 9.01. The summed E-state index contributed by atoms with van der Waals surface area (Å²) in [6.45, 7) is 10.6. The summed E-state index contributed by atoms with van der Waals surface area (Å²) in [4.78, 5) is 2.14. The lowest BCUT2D eigenvalue weighted by molar-refractivity contribution is 0.374. The second-order valence-electron chi connectivity index (χ2n) is 4.40. The third-order valence-corrected chi connectivity index (χ3v) is 2.41. The van der Waals surface area contributed by atoms with Crippen molar-refractivity contribution in [3.8, 4) is 0 Å². The number of hydrogen-bond acceptors (Lipinski definition) is 1. The van der Waals surface area contributed by atoms with Gasteiger partial charge in [-0.2, -0.15) is 0 Å². The Morgan fingerprint density at radius 2 is 2.00 bits per heavy atom. The molecular weight excluding hydrogens is 180 g/mol. The van der Waals surface area contributed by atoms with Crippen molar-refractivity contribution in [1.29, 1.82) is 0 Å². The molecule has 3 heteroatoms. The fourth-order valence-electron chi connectivity index (χ4n) is 1.77. The predicted octanol–water partition coefficient (Wildman–Crippen LogP) is 2.27. The van der Waals surface area contributed by atoms with Crippen molar-refractivity contribution in [1.82, 2.24) is 10.2 Å². The summed E-state index contributed by atoms with van der Waals surface area (Å²) in [5.74, 6) is 0. The SMILES string of the molecule is CC1=CC(C)(C)NC(=S)N1C(C)C. The van der Waals surface area contributed by atoms with E-state index in [2.05, 4.69) is 50.9 Å². The van der Waals surface area contributed by atoms with Crippen LogP contribution in [0.3, 0.4) is 0 Å². The van der Waals surface area contributed by atoms with Crippen LogP contribution in [0.15, 0.2) is 11.8 Å². The van der Waals surface area contributed by atoms with Gasteiger partial charge in [0.15, 0.2) is 5.11 Å². The highest BCUT2D eigenvalue weighted by molar-refractivity contribution is 7.80. The van der Waals surface area contributed by atoms with Crippen molar-refractivity contribution in [2.75, 3.05) is 0 Å². The molecule has 0 radical (unpaired) electrons. The number of nitrogens with zero attached hydrogens (tertiary/aromatic N) is 1. The van der Waals surface area contributed by atoms with Gasteiger partial charge in [-0.05, 0) is 52.9 Å². The van der Waals surface area contributed by atoms with Gasteiger partial charge in [-0.3, -0.25) is 0 Å². The predicted molar refractivity (Wildman–Crippen MR) is 60.5 cm³/mol. The van der Waals surface area contributed by atoms with Gasteiger partial charge < -0.3 is 10.2 Å². The lowest BCUT2D eigenvalue weighted by Gasteiger charge is -2.40. The molecule has 1 heterocycles. The first-order valence-corrected chi connectivity index (χ1v) is 5.05. The molecule has 74 valence electrons. The third-order valence-electron chi connectivity index (χ3n) is 2.11. The molecule has 1 rings (SSSR count). The van der Waals surface area contributed by atoms with E-state index in [1.54, 1.807) is 0 Å². The van der Waals surface area contributed by atoms with E-state index in [1.165, 1.54) is 5.70 Å². The Bertz CT molecular complexity index is 254. The Labute approximate surface area is 86.0 Å². The Balaban J connectivity index is 2.97. The summed E-state index contributed by atoms with van der Waals surface area (Å²) < 4.78 is 0. The molecule has 0 saturated heterocycles. The van der Waals surface area contributed by atoms with Crippen LogP contribution in [0.4, 0.5) is 0 Å². The van der Waals surface area contributed by atoms with Crippen LogP contribution in [0.2, 0.25) is 0 Å². The van der Waals surface area contributed by atoms with Gasteiger partial charge in [-0.15, -0.1) is 0 Å². The fraction of sp³-hybridized carbons (Fsp3) is 0.700. The first-order chi connectivity index (χ1) is 5.83. The summed E-state index contributed by atoms with van der Waals surface area (Å²) in [5.41, 5.74) is 1.23. The zero-order chi connectivity index (χ0) is 10.2. The van der Waals surface area contributed by atoms with Crippen LogP contribution in [-0.2, 0) is 0 Å². The highest BCUT2D eigenvalue weighted by Gasteiger charge is 2.27. The van der Waals surface area contributed by atoms with E-state index in [4.69, 9.17) is 12.2 Å². The van der Waals surface area contributed by atoms with Crippen LogP contribution in [-0.4, -0.2) is 21.6 Å². The molecule has 1 N–H and O–H groups in total. The van der Waals surface area contributed by atoms with Gasteiger partial charge in [0, 0.05) is 11.7 Å². The van der Waals surface area contributed by atoms with Crippen molar-refractivity contribution in [2.24, 2.45) is 0 Å². The van der Waals surface area contributed by atoms with E-state index < -0.39 is 0 Å². The second-order valence-corrected chi connectivity index (χ2v) is 4.79. The standard InChI is InChI=1S/C10H18N2S/c1-7(2)12-8(3)6-10(4,5)11-9(12)13/h6-7H,1-5H3,(H,11,13). The molecule has 13 heavy (non-hydrogen) atoms. The van der Waals surface area contributed by atoms with E-state index in [-0.39, 0.29) is 5.54 Å². The molecule has 0 aromatic heterocycles. The molecule has 1 aliphatic heterocycles. The minimum absolute atomic E-state index is 0.00738. The highest BCUT2D eigenvalue weighted by Crippen LogP contribution is 2.20. The first kappa shape index (κ1) is 10.5. The maximum Gasteiger partial charge on any atom is 0.174 e. The number of hydrogen-bond donors (Lipinski definition) is 1. The average Bonchev–Trinajstić information content (AvgIpc) is 1.78. The van der Waals surface area contributed by atoms with Gasteiger partial charge in [0.2, 0.25) is 0 Å². The topological polar surface area (TPSA) is 15.3 Å². The molecule has 0 unspecified atom stereocenters. The van der Waals surface area contributed by atoms with Gasteiger partial charge in [0.05, 0.1) is 5.54 Å². The molecule has 0 amide bonds. The van der Waals surface area contributed by atoms with Crippen LogP contribution >= 0.6 is 12.2 Å². The van der Waals surface area contributed by atoms with Crippen molar-refractivity contribution in [3.63, 3.8) is 0 Å². The normalized spacial score (nSPS) is 21.5. The smallest absolute Gasteiger partial charge is 0.174 e. The lowest BCUT2D eigenvalue weighted by atomic mass is 10.0. The minimum Gasteiger partial charge on any atom is -0.354 e. The summed E-state index contributed by atoms with van der Waals surface area (Å²) >= 11 is 5.30. The van der Waals surface area contributed by atoms with E-state index >= 15 is 0 Å². The van der Waals surface area contributed by atoms with Gasteiger partial charge in [-0.25, -0.2) is 0 Å². The van der Waals surface area contributed by atoms with Gasteiger partial charge in [-0.1, -0.05) is 0 Å². The molecule has 0 saturated carbocycles. The zero-order valence-corrected chi connectivity index (χ0v) is 9.83. The van der Waals surface area contributed by atoms with Gasteiger partial charge in [0.25, 0.3) is 0 Å². The van der Waals surface area contributed by atoms with Crippen LogP contribution < -0.4 is 5.32 Å². The van der Waals surface area contributed by atoms with Gasteiger partial charge in [0.1, 0.15) is 0 Å². The molecule has 0 aliphatic carbocycles. The number of allylic oxidation sites excluding steroid dienone is 1. The van der Waals surface area contributed by atoms with Gasteiger partial charge >= 0.3 is 0 Å². The molecular formula is C10H18N2S. The minimum atomic E-state index is -0.00738. The molecule has 0 atom stereocenters. The van der Waals surface area contributed by atoms with E-state index in [0.29, 0.717) is 6.04 Å². The number of rotatable bonds is 1. The molecule has 0 bridgehead atoms. The maximum atomic E-state index is 5.30. The fourth-order valence-corrected chi connectivity index (χ4v) is 2.38. The molecule has 0 fully saturated rings. The average molecular weight is 198 g/mol. The third kappa shape index (κ3) is 2.21.